The van der Waals surface area contributed by atoms with Gasteiger partial charge in [0.15, 0.2) is 11.5 Å². The SMILES string of the molecule is COc1ccnc(CNCCCC(=O)O)c1OC. The molecular weight excluding hydrogens is 236 g/mol. The number of nitrogens with one attached hydrogen (secondary N) is 1. The van der Waals surface area contributed by atoms with Gasteiger partial charge >= 0.3 is 5.97 Å². The Bertz CT molecular complexity index is 396. The van der Waals surface area contributed by atoms with E-state index in [0.29, 0.717) is 31.0 Å². The maximum atomic E-state index is 10.3. The highest BCUT2D eigenvalue weighted by Crippen LogP contribution is 2.28. The van der Waals surface area contributed by atoms with E-state index in [1.54, 1.807) is 26.5 Å². The van der Waals surface area contributed by atoms with Crippen LogP contribution in [0, 0.1) is 0 Å². The second-order valence-corrected chi connectivity index (χ2v) is 3.67. The molecule has 0 radical (unpaired) electrons. The molecule has 1 aromatic heterocycles. The first-order valence-corrected chi connectivity index (χ1v) is 5.67. The van der Waals surface area contributed by atoms with Crippen LogP contribution in [-0.2, 0) is 11.3 Å². The number of ether oxygens (including phenoxy) is 2. The molecule has 100 valence electrons. The van der Waals surface area contributed by atoms with Crippen molar-refractivity contribution < 1.29 is 19.4 Å². The minimum absolute atomic E-state index is 0.162. The smallest absolute Gasteiger partial charge is 0.303 e. The van der Waals surface area contributed by atoms with Gasteiger partial charge in [-0.15, -0.1) is 0 Å². The molecule has 0 aliphatic rings. The van der Waals surface area contributed by atoms with Crippen LogP contribution in [0.3, 0.4) is 0 Å². The normalized spacial score (nSPS) is 10.1. The number of carbonyl (C=O) groups is 1. The Morgan fingerprint density at radius 2 is 2.22 bits per heavy atom. The van der Waals surface area contributed by atoms with Crippen LogP contribution in [0.5, 0.6) is 11.5 Å². The summed E-state index contributed by atoms with van der Waals surface area (Å²) in [6.07, 6.45) is 2.40. The summed E-state index contributed by atoms with van der Waals surface area (Å²) >= 11 is 0. The zero-order valence-corrected chi connectivity index (χ0v) is 10.6. The lowest BCUT2D eigenvalue weighted by Crippen LogP contribution is -2.17. The number of carboxylic acid groups (broad SMARTS) is 1. The summed E-state index contributed by atoms with van der Waals surface area (Å²) in [5.74, 6) is 0.453. The molecule has 0 bridgehead atoms. The van der Waals surface area contributed by atoms with Crippen LogP contribution in [-0.4, -0.2) is 36.8 Å². The Kier molecular flexibility index (Phi) is 5.93. The third-order valence-corrected chi connectivity index (χ3v) is 2.40. The number of carboxylic acids is 1. The third kappa shape index (κ3) is 4.21. The van der Waals surface area contributed by atoms with Gasteiger partial charge in [0.2, 0.25) is 0 Å². The Morgan fingerprint density at radius 1 is 1.44 bits per heavy atom. The molecule has 6 heteroatoms. The number of nitrogens with zero attached hydrogens (tertiary/aromatic N) is 1. The van der Waals surface area contributed by atoms with E-state index in [-0.39, 0.29) is 6.42 Å². The van der Waals surface area contributed by atoms with Crippen molar-refractivity contribution in [3.63, 3.8) is 0 Å². The first-order valence-electron chi connectivity index (χ1n) is 5.67. The maximum absolute atomic E-state index is 10.3. The number of hydrogen-bond acceptors (Lipinski definition) is 5. The van der Waals surface area contributed by atoms with Gasteiger partial charge in [-0.3, -0.25) is 9.78 Å². The first kappa shape index (κ1) is 14.2. The van der Waals surface area contributed by atoms with Crippen molar-refractivity contribution in [2.75, 3.05) is 20.8 Å². The Labute approximate surface area is 106 Å². The largest absolute Gasteiger partial charge is 0.493 e. The van der Waals surface area contributed by atoms with Gasteiger partial charge in [-0.25, -0.2) is 0 Å². The van der Waals surface area contributed by atoms with Crippen molar-refractivity contribution in [3.8, 4) is 11.5 Å². The van der Waals surface area contributed by atoms with Crippen molar-refractivity contribution >= 4 is 5.97 Å². The summed E-state index contributed by atoms with van der Waals surface area (Å²) in [6.45, 7) is 1.13. The highest BCUT2D eigenvalue weighted by Gasteiger charge is 2.10. The van der Waals surface area contributed by atoms with E-state index >= 15 is 0 Å². The lowest BCUT2D eigenvalue weighted by atomic mass is 10.2. The number of hydrogen-bond donors (Lipinski definition) is 2. The molecule has 0 spiro atoms. The van der Waals surface area contributed by atoms with Crippen LogP contribution in [0.4, 0.5) is 0 Å². The summed E-state index contributed by atoms with van der Waals surface area (Å²) in [4.78, 5) is 14.5. The molecule has 6 nitrogen and oxygen atoms in total. The van der Waals surface area contributed by atoms with E-state index in [0.717, 1.165) is 5.69 Å². The molecule has 0 saturated heterocycles. The molecular formula is C12H18N2O4. The Balaban J connectivity index is 2.49. The van der Waals surface area contributed by atoms with Crippen molar-refractivity contribution in [1.29, 1.82) is 0 Å². The molecule has 0 amide bonds. The summed E-state index contributed by atoms with van der Waals surface area (Å²) in [5, 5.41) is 11.6. The molecule has 0 aliphatic carbocycles. The van der Waals surface area contributed by atoms with E-state index in [2.05, 4.69) is 10.3 Å². The molecule has 1 rings (SSSR count). The maximum Gasteiger partial charge on any atom is 0.303 e. The van der Waals surface area contributed by atoms with Gasteiger partial charge in [-0.05, 0) is 13.0 Å². The average Bonchev–Trinajstić information content (AvgIpc) is 2.37. The zero-order valence-electron chi connectivity index (χ0n) is 10.6. The van der Waals surface area contributed by atoms with Gasteiger partial charge in [0.25, 0.3) is 0 Å². The molecule has 0 saturated carbocycles. The van der Waals surface area contributed by atoms with E-state index in [1.165, 1.54) is 0 Å². The monoisotopic (exact) mass is 254 g/mol. The fraction of sp³-hybridized carbons (Fsp3) is 0.500. The fourth-order valence-corrected chi connectivity index (χ4v) is 1.55. The second kappa shape index (κ2) is 7.50. The van der Waals surface area contributed by atoms with Gasteiger partial charge in [-0.2, -0.15) is 0 Å². The van der Waals surface area contributed by atoms with Gasteiger partial charge in [0, 0.05) is 25.2 Å². The second-order valence-electron chi connectivity index (χ2n) is 3.67. The lowest BCUT2D eigenvalue weighted by Gasteiger charge is -2.11. The molecule has 0 aromatic carbocycles. The van der Waals surface area contributed by atoms with Crippen LogP contribution >= 0.6 is 0 Å². The van der Waals surface area contributed by atoms with Gasteiger partial charge < -0.3 is 19.9 Å². The topological polar surface area (TPSA) is 80.7 Å². The van der Waals surface area contributed by atoms with Gasteiger partial charge in [-0.1, -0.05) is 0 Å². The standard InChI is InChI=1S/C12H18N2O4/c1-17-10-5-7-14-9(12(10)18-2)8-13-6-3-4-11(15)16/h5,7,13H,3-4,6,8H2,1-2H3,(H,15,16). The minimum Gasteiger partial charge on any atom is -0.493 e. The highest BCUT2D eigenvalue weighted by atomic mass is 16.5. The van der Waals surface area contributed by atoms with E-state index < -0.39 is 5.97 Å². The summed E-state index contributed by atoms with van der Waals surface area (Å²) in [5.41, 5.74) is 0.743. The van der Waals surface area contributed by atoms with Crippen molar-refractivity contribution in [2.45, 2.75) is 19.4 Å². The van der Waals surface area contributed by atoms with Crippen LogP contribution in [0.2, 0.25) is 0 Å². The highest BCUT2D eigenvalue weighted by molar-refractivity contribution is 5.66. The predicted octanol–water partition coefficient (Wildman–Crippen LogP) is 1.05. The molecule has 2 N–H and O–H groups in total. The Morgan fingerprint density at radius 3 is 2.83 bits per heavy atom. The van der Waals surface area contributed by atoms with E-state index in [1.807, 2.05) is 0 Å². The van der Waals surface area contributed by atoms with Crippen molar-refractivity contribution in [1.82, 2.24) is 10.3 Å². The van der Waals surface area contributed by atoms with E-state index in [4.69, 9.17) is 14.6 Å². The van der Waals surface area contributed by atoms with Crippen LogP contribution < -0.4 is 14.8 Å². The predicted molar refractivity (Wildman–Crippen MR) is 65.9 cm³/mol. The quantitative estimate of drug-likeness (QED) is 0.675. The minimum atomic E-state index is -0.783. The molecule has 1 aromatic rings. The molecule has 18 heavy (non-hydrogen) atoms. The number of rotatable bonds is 8. The fourth-order valence-electron chi connectivity index (χ4n) is 1.55. The summed E-state index contributed by atoms with van der Waals surface area (Å²) in [6, 6.07) is 1.73. The zero-order chi connectivity index (χ0) is 13.4. The van der Waals surface area contributed by atoms with Crippen LogP contribution in [0.25, 0.3) is 0 Å². The average molecular weight is 254 g/mol. The number of aliphatic carboxylic acids is 1. The van der Waals surface area contributed by atoms with Crippen molar-refractivity contribution in [3.05, 3.63) is 18.0 Å². The van der Waals surface area contributed by atoms with Crippen molar-refractivity contribution in [2.24, 2.45) is 0 Å². The number of methoxy groups -OCH3 is 2. The van der Waals surface area contributed by atoms with Crippen LogP contribution in [0.15, 0.2) is 12.3 Å². The van der Waals surface area contributed by atoms with Gasteiger partial charge in [0.05, 0.1) is 19.9 Å². The van der Waals surface area contributed by atoms with E-state index in [9.17, 15) is 4.79 Å². The number of pyridine rings is 1. The first-order chi connectivity index (χ1) is 8.69. The number of aromatic nitrogens is 1. The summed E-state index contributed by atoms with van der Waals surface area (Å²) < 4.78 is 10.4. The lowest BCUT2D eigenvalue weighted by molar-refractivity contribution is -0.137. The molecule has 0 fully saturated rings. The van der Waals surface area contributed by atoms with Crippen LogP contribution in [0.1, 0.15) is 18.5 Å². The van der Waals surface area contributed by atoms with Gasteiger partial charge in [0.1, 0.15) is 0 Å². The third-order valence-electron chi connectivity index (χ3n) is 2.40. The summed E-state index contributed by atoms with van der Waals surface area (Å²) in [7, 11) is 3.13. The molecule has 0 atom stereocenters. The Hall–Kier alpha value is -1.82. The molecule has 0 unspecified atom stereocenters. The molecule has 0 aliphatic heterocycles. The molecule has 1 heterocycles.